The first-order chi connectivity index (χ1) is 10.5. The Labute approximate surface area is 131 Å². The average Bonchev–Trinajstić information content (AvgIpc) is 2.51. The molecule has 2 aromatic carbocycles. The van der Waals surface area contributed by atoms with Crippen molar-refractivity contribution in [1.82, 2.24) is 9.80 Å². The van der Waals surface area contributed by atoms with Crippen LogP contribution in [0.4, 0.5) is 0 Å². The molecule has 4 heteroatoms. The fourth-order valence-electron chi connectivity index (χ4n) is 2.60. The highest BCUT2D eigenvalue weighted by Gasteiger charge is 2.29. The minimum Gasteiger partial charge on any atom is -0.309 e. The second-order valence-corrected chi connectivity index (χ2v) is 5.68. The Bertz CT molecular complexity index is 657. The molecule has 0 atom stereocenters. The molecule has 0 bridgehead atoms. The van der Waals surface area contributed by atoms with Gasteiger partial charge in [0.05, 0.1) is 0 Å². The van der Waals surface area contributed by atoms with E-state index < -0.39 is 0 Å². The van der Waals surface area contributed by atoms with Crippen LogP contribution in [0.1, 0.15) is 34.1 Å². The summed E-state index contributed by atoms with van der Waals surface area (Å²) in [7, 11) is 5.69. The maximum absolute atomic E-state index is 11.9. The molecular formula is C18H22N2O2. The van der Waals surface area contributed by atoms with Crippen molar-refractivity contribution in [1.29, 1.82) is 0 Å². The lowest BCUT2D eigenvalue weighted by Gasteiger charge is -2.23. The van der Waals surface area contributed by atoms with Gasteiger partial charge in [0.15, 0.2) is 0 Å². The van der Waals surface area contributed by atoms with Crippen LogP contribution >= 0.6 is 0 Å². The molecule has 22 heavy (non-hydrogen) atoms. The summed E-state index contributed by atoms with van der Waals surface area (Å²) in [5, 5.41) is 1.71. The molecule has 1 aliphatic rings. The Morgan fingerprint density at radius 3 is 1.82 bits per heavy atom. The van der Waals surface area contributed by atoms with E-state index >= 15 is 0 Å². The molecule has 116 valence electrons. The van der Waals surface area contributed by atoms with E-state index in [-0.39, 0.29) is 11.8 Å². The summed E-state index contributed by atoms with van der Waals surface area (Å²) in [5.41, 5.74) is 1.21. The number of carbonyl (C=O) groups excluding carboxylic acids is 2. The van der Waals surface area contributed by atoms with Crippen molar-refractivity contribution in [2.45, 2.75) is 13.3 Å². The van der Waals surface area contributed by atoms with E-state index in [1.165, 1.54) is 20.0 Å². The maximum atomic E-state index is 11.9. The van der Waals surface area contributed by atoms with Crippen LogP contribution in [0.15, 0.2) is 36.4 Å². The largest absolute Gasteiger partial charge is 0.309 e. The molecular weight excluding hydrogens is 276 g/mol. The van der Waals surface area contributed by atoms with Crippen molar-refractivity contribution in [3.63, 3.8) is 0 Å². The summed E-state index contributed by atoms with van der Waals surface area (Å²) in [6, 6.07) is 11.0. The molecule has 0 saturated carbocycles. The van der Waals surface area contributed by atoms with Gasteiger partial charge in [-0.3, -0.25) is 14.5 Å². The van der Waals surface area contributed by atoms with Gasteiger partial charge < -0.3 is 4.90 Å². The molecule has 2 aromatic rings. The van der Waals surface area contributed by atoms with Gasteiger partial charge in [0.2, 0.25) is 0 Å². The molecule has 1 aliphatic heterocycles. The second-order valence-electron chi connectivity index (χ2n) is 5.68. The highest BCUT2D eigenvalue weighted by atomic mass is 16.2. The highest BCUT2D eigenvalue weighted by Crippen LogP contribution is 2.28. The summed E-state index contributed by atoms with van der Waals surface area (Å²) >= 11 is 0. The molecule has 3 rings (SSSR count). The van der Waals surface area contributed by atoms with E-state index in [1.54, 1.807) is 12.1 Å². The predicted octanol–water partition coefficient (Wildman–Crippen LogP) is 3.02. The molecule has 0 aliphatic carbocycles. The van der Waals surface area contributed by atoms with E-state index in [1.807, 2.05) is 24.3 Å². The first-order valence-electron chi connectivity index (χ1n) is 7.46. The molecule has 0 N–H and O–H groups in total. The molecule has 0 spiro atoms. The third-order valence-electron chi connectivity index (χ3n) is 3.65. The molecule has 0 fully saturated rings. The molecule has 0 aromatic heterocycles. The zero-order valence-electron chi connectivity index (χ0n) is 13.6. The Morgan fingerprint density at radius 2 is 1.45 bits per heavy atom. The Hall–Kier alpha value is -2.20. The van der Waals surface area contributed by atoms with Crippen molar-refractivity contribution in [3.8, 4) is 0 Å². The van der Waals surface area contributed by atoms with Gasteiger partial charge in [-0.25, -0.2) is 0 Å². The number of imide groups is 1. The normalized spacial score (nSPS) is 13.4. The quantitative estimate of drug-likeness (QED) is 0.800. The minimum absolute atomic E-state index is 0.227. The van der Waals surface area contributed by atoms with Crippen molar-refractivity contribution in [3.05, 3.63) is 47.5 Å². The van der Waals surface area contributed by atoms with Crippen molar-refractivity contribution in [2.24, 2.45) is 0 Å². The fraction of sp³-hybridized carbons (Fsp3) is 0.333. The lowest BCUT2D eigenvalue weighted by molar-refractivity contribution is 0.0650. The van der Waals surface area contributed by atoms with E-state index in [4.69, 9.17) is 0 Å². The standard InChI is InChI=1S/C13H9NO2.C5H13N/c1-14-12(15)9-6-2-4-8-5-3-7-10(11(8)9)13(14)16;1-4-5-6(2)3/h2-7H,1H3;4-5H2,1-3H3. The van der Waals surface area contributed by atoms with Crippen LogP contribution in [0, 0.1) is 0 Å². The predicted molar refractivity (Wildman–Crippen MR) is 89.2 cm³/mol. The van der Waals surface area contributed by atoms with Crippen molar-refractivity contribution >= 4 is 22.6 Å². The number of nitrogens with zero attached hydrogens (tertiary/aromatic N) is 2. The first kappa shape index (κ1) is 16.2. The lowest BCUT2D eigenvalue weighted by atomic mass is 9.94. The average molecular weight is 298 g/mol. The van der Waals surface area contributed by atoms with Gasteiger partial charge in [-0.15, -0.1) is 0 Å². The minimum atomic E-state index is -0.228. The van der Waals surface area contributed by atoms with Gasteiger partial charge in [0.1, 0.15) is 0 Å². The van der Waals surface area contributed by atoms with E-state index in [0.717, 1.165) is 15.7 Å². The van der Waals surface area contributed by atoms with Gasteiger partial charge in [0, 0.05) is 23.6 Å². The fourth-order valence-corrected chi connectivity index (χ4v) is 2.60. The Kier molecular flexibility index (Phi) is 4.93. The lowest BCUT2D eigenvalue weighted by Crippen LogP contribution is -2.36. The molecule has 4 nitrogen and oxygen atoms in total. The SMILES string of the molecule is CCCN(C)C.CN1C(=O)c2cccc3cccc(c23)C1=O. The van der Waals surface area contributed by atoms with Gasteiger partial charge in [0.25, 0.3) is 11.8 Å². The van der Waals surface area contributed by atoms with Gasteiger partial charge >= 0.3 is 0 Å². The number of benzene rings is 2. The highest BCUT2D eigenvalue weighted by molar-refractivity contribution is 6.25. The summed E-state index contributed by atoms with van der Waals surface area (Å²) < 4.78 is 0. The zero-order chi connectivity index (χ0) is 16.3. The van der Waals surface area contributed by atoms with E-state index in [0.29, 0.717) is 11.1 Å². The Morgan fingerprint density at radius 1 is 0.955 bits per heavy atom. The van der Waals surface area contributed by atoms with Gasteiger partial charge in [-0.2, -0.15) is 0 Å². The zero-order valence-corrected chi connectivity index (χ0v) is 13.6. The summed E-state index contributed by atoms with van der Waals surface area (Å²) in [4.78, 5) is 27.2. The number of hydrogen-bond donors (Lipinski definition) is 0. The van der Waals surface area contributed by atoms with Crippen LogP contribution in [-0.2, 0) is 0 Å². The second kappa shape index (κ2) is 6.71. The summed E-state index contributed by atoms with van der Waals surface area (Å²) in [6.07, 6.45) is 1.26. The summed E-state index contributed by atoms with van der Waals surface area (Å²) in [5.74, 6) is -0.455. The summed E-state index contributed by atoms with van der Waals surface area (Å²) in [6.45, 7) is 3.39. The van der Waals surface area contributed by atoms with E-state index in [2.05, 4.69) is 25.9 Å². The number of rotatable bonds is 2. The monoisotopic (exact) mass is 298 g/mol. The van der Waals surface area contributed by atoms with Crippen molar-refractivity contribution in [2.75, 3.05) is 27.7 Å². The van der Waals surface area contributed by atoms with Gasteiger partial charge in [-0.05, 0) is 44.6 Å². The smallest absolute Gasteiger partial charge is 0.261 e. The van der Waals surface area contributed by atoms with Gasteiger partial charge in [-0.1, -0.05) is 31.2 Å². The molecule has 2 amide bonds. The third-order valence-corrected chi connectivity index (χ3v) is 3.65. The molecule has 0 unspecified atom stereocenters. The van der Waals surface area contributed by atoms with Crippen LogP contribution in [-0.4, -0.2) is 49.3 Å². The maximum Gasteiger partial charge on any atom is 0.261 e. The van der Waals surface area contributed by atoms with Crippen LogP contribution in [0.3, 0.4) is 0 Å². The van der Waals surface area contributed by atoms with E-state index in [9.17, 15) is 9.59 Å². The van der Waals surface area contributed by atoms with Crippen LogP contribution in [0.25, 0.3) is 10.8 Å². The van der Waals surface area contributed by atoms with Crippen LogP contribution in [0.2, 0.25) is 0 Å². The Balaban J connectivity index is 0.000000254. The van der Waals surface area contributed by atoms with Crippen LogP contribution < -0.4 is 0 Å². The van der Waals surface area contributed by atoms with Crippen molar-refractivity contribution < 1.29 is 9.59 Å². The molecule has 1 heterocycles. The number of amides is 2. The van der Waals surface area contributed by atoms with Crippen LogP contribution in [0.5, 0.6) is 0 Å². The third kappa shape index (κ3) is 3.02. The molecule has 0 saturated heterocycles. The number of carbonyl (C=O) groups is 2. The first-order valence-corrected chi connectivity index (χ1v) is 7.46. The topological polar surface area (TPSA) is 40.6 Å². The number of hydrogen-bond acceptors (Lipinski definition) is 3. The molecule has 0 radical (unpaired) electrons.